The Hall–Kier alpha value is -1.32. The molecule has 0 N–H and O–H groups in total. The second-order valence-corrected chi connectivity index (χ2v) is 6.07. The van der Waals surface area contributed by atoms with E-state index in [4.69, 9.17) is 16.6 Å². The summed E-state index contributed by atoms with van der Waals surface area (Å²) in [5, 5.41) is 1.22. The third-order valence-corrected chi connectivity index (χ3v) is 4.35. The highest BCUT2D eigenvalue weighted by atomic mass is 35.5. The summed E-state index contributed by atoms with van der Waals surface area (Å²) in [6.45, 7) is 7.46. The number of alkyl halides is 1. The van der Waals surface area contributed by atoms with Crippen LogP contribution in [-0.2, 0) is 0 Å². The molecule has 3 nitrogen and oxygen atoms in total. The van der Waals surface area contributed by atoms with Crippen molar-refractivity contribution in [3.63, 3.8) is 0 Å². The zero-order valence-electron chi connectivity index (χ0n) is 12.6. The van der Waals surface area contributed by atoms with Gasteiger partial charge in [0.15, 0.2) is 0 Å². The molecule has 1 aliphatic heterocycles. The molecule has 21 heavy (non-hydrogen) atoms. The lowest BCUT2D eigenvalue weighted by molar-refractivity contribution is 0.311. The van der Waals surface area contributed by atoms with Gasteiger partial charge in [-0.2, -0.15) is 0 Å². The van der Waals surface area contributed by atoms with Gasteiger partial charge < -0.3 is 9.80 Å². The summed E-state index contributed by atoms with van der Waals surface area (Å²) >= 11 is 5.86. The van der Waals surface area contributed by atoms with Gasteiger partial charge in [0.05, 0.1) is 5.52 Å². The highest BCUT2D eigenvalue weighted by molar-refractivity contribution is 6.18. The first-order valence-corrected chi connectivity index (χ1v) is 8.21. The summed E-state index contributed by atoms with van der Waals surface area (Å²) in [6, 6.07) is 10.6. The lowest BCUT2D eigenvalue weighted by atomic mass is 10.1. The molecule has 3 rings (SSSR count). The Balaban J connectivity index is 1.84. The van der Waals surface area contributed by atoms with E-state index in [0.717, 1.165) is 44.1 Å². The van der Waals surface area contributed by atoms with Crippen LogP contribution in [0.5, 0.6) is 0 Å². The number of nitrogens with zero attached hydrogens (tertiary/aromatic N) is 3. The van der Waals surface area contributed by atoms with Gasteiger partial charge >= 0.3 is 0 Å². The summed E-state index contributed by atoms with van der Waals surface area (Å²) in [5.41, 5.74) is 2.35. The van der Waals surface area contributed by atoms with Crippen molar-refractivity contribution in [1.29, 1.82) is 0 Å². The average Bonchev–Trinajstić information content (AvgIpc) is 2.73. The van der Waals surface area contributed by atoms with Crippen LogP contribution >= 0.6 is 11.6 Å². The van der Waals surface area contributed by atoms with Crippen LogP contribution in [0.2, 0.25) is 0 Å². The van der Waals surface area contributed by atoms with Crippen LogP contribution in [0.3, 0.4) is 0 Å². The van der Waals surface area contributed by atoms with Crippen molar-refractivity contribution in [2.75, 3.05) is 43.5 Å². The van der Waals surface area contributed by atoms with Crippen LogP contribution in [0.15, 0.2) is 30.3 Å². The van der Waals surface area contributed by atoms with Crippen molar-refractivity contribution in [3.8, 4) is 0 Å². The molecule has 2 aromatic rings. The number of fused-ring (bicyclic) bond motifs is 1. The summed E-state index contributed by atoms with van der Waals surface area (Å²) < 4.78 is 0. The van der Waals surface area contributed by atoms with E-state index in [1.54, 1.807) is 0 Å². The highest BCUT2D eigenvalue weighted by Gasteiger charge is 2.17. The molecule has 0 spiro atoms. The minimum Gasteiger partial charge on any atom is -0.355 e. The number of benzene rings is 1. The summed E-state index contributed by atoms with van der Waals surface area (Å²) in [5.74, 6) is 1.86. The minimum atomic E-state index is 0.716. The maximum absolute atomic E-state index is 5.86. The van der Waals surface area contributed by atoms with Crippen LogP contribution in [0.1, 0.15) is 12.0 Å². The van der Waals surface area contributed by atoms with E-state index in [1.165, 1.54) is 17.4 Å². The molecule has 0 amide bonds. The van der Waals surface area contributed by atoms with E-state index >= 15 is 0 Å². The molecule has 0 aliphatic carbocycles. The third-order valence-electron chi connectivity index (χ3n) is 4.18. The fourth-order valence-electron chi connectivity index (χ4n) is 3.06. The average molecular weight is 304 g/mol. The number of pyridine rings is 1. The van der Waals surface area contributed by atoms with Gasteiger partial charge in [-0.15, -0.1) is 11.6 Å². The van der Waals surface area contributed by atoms with Crippen molar-refractivity contribution < 1.29 is 0 Å². The molecule has 0 atom stereocenters. The standard InChI is InChI=1S/C17H22ClN3/c1-14-13-15-5-2-3-6-16(15)19-17(14)21-9-4-8-20(10-7-18)11-12-21/h2-3,5-6,13H,4,7-12H2,1H3. The maximum atomic E-state index is 5.86. The van der Waals surface area contributed by atoms with Gasteiger partial charge in [-0.25, -0.2) is 4.98 Å². The highest BCUT2D eigenvalue weighted by Crippen LogP contribution is 2.23. The number of para-hydroxylation sites is 1. The first-order chi connectivity index (χ1) is 10.3. The van der Waals surface area contributed by atoms with Crippen LogP contribution < -0.4 is 4.90 Å². The molecular weight excluding hydrogens is 282 g/mol. The van der Waals surface area contributed by atoms with E-state index in [2.05, 4.69) is 47.1 Å². The van der Waals surface area contributed by atoms with Gasteiger partial charge in [0.2, 0.25) is 0 Å². The largest absolute Gasteiger partial charge is 0.355 e. The van der Waals surface area contributed by atoms with E-state index < -0.39 is 0 Å². The predicted molar refractivity (Wildman–Crippen MR) is 90.5 cm³/mol. The second kappa shape index (κ2) is 6.63. The van der Waals surface area contributed by atoms with Crippen molar-refractivity contribution in [2.45, 2.75) is 13.3 Å². The van der Waals surface area contributed by atoms with Crippen molar-refractivity contribution in [1.82, 2.24) is 9.88 Å². The maximum Gasteiger partial charge on any atom is 0.132 e. The van der Waals surface area contributed by atoms with Crippen molar-refractivity contribution in [3.05, 3.63) is 35.9 Å². The van der Waals surface area contributed by atoms with Crippen molar-refractivity contribution in [2.24, 2.45) is 0 Å². The Bertz CT molecular complexity index is 614. The zero-order chi connectivity index (χ0) is 14.7. The Labute approximate surface area is 131 Å². The van der Waals surface area contributed by atoms with Gasteiger partial charge in [-0.1, -0.05) is 18.2 Å². The SMILES string of the molecule is Cc1cc2ccccc2nc1N1CCCN(CCCl)CC1. The number of hydrogen-bond acceptors (Lipinski definition) is 3. The van der Waals surface area contributed by atoms with Gasteiger partial charge in [-0.3, -0.25) is 0 Å². The van der Waals surface area contributed by atoms with Gasteiger partial charge in [0, 0.05) is 37.4 Å². The molecular formula is C17H22ClN3. The normalized spacial score (nSPS) is 17.1. The van der Waals surface area contributed by atoms with Crippen molar-refractivity contribution >= 4 is 28.3 Å². The molecule has 112 valence electrons. The molecule has 0 saturated carbocycles. The molecule has 1 aromatic carbocycles. The monoisotopic (exact) mass is 303 g/mol. The van der Waals surface area contributed by atoms with E-state index in [9.17, 15) is 0 Å². The molecule has 1 aromatic heterocycles. The number of hydrogen-bond donors (Lipinski definition) is 0. The smallest absolute Gasteiger partial charge is 0.132 e. The summed E-state index contributed by atoms with van der Waals surface area (Å²) in [4.78, 5) is 9.77. The first-order valence-electron chi connectivity index (χ1n) is 7.67. The Morgan fingerprint density at radius 2 is 2.00 bits per heavy atom. The van der Waals surface area contributed by atoms with E-state index in [0.29, 0.717) is 5.88 Å². The molecule has 1 saturated heterocycles. The van der Waals surface area contributed by atoms with Crippen LogP contribution in [-0.4, -0.2) is 48.5 Å². The molecule has 4 heteroatoms. The van der Waals surface area contributed by atoms with Gasteiger partial charge in [0.25, 0.3) is 0 Å². The fourth-order valence-corrected chi connectivity index (χ4v) is 3.30. The molecule has 0 radical (unpaired) electrons. The molecule has 2 heterocycles. The fraction of sp³-hybridized carbons (Fsp3) is 0.471. The van der Waals surface area contributed by atoms with E-state index in [1.807, 2.05) is 0 Å². The van der Waals surface area contributed by atoms with Gasteiger partial charge in [-0.05, 0) is 37.6 Å². The van der Waals surface area contributed by atoms with Gasteiger partial charge in [0.1, 0.15) is 5.82 Å². The topological polar surface area (TPSA) is 19.4 Å². The lowest BCUT2D eigenvalue weighted by Gasteiger charge is -2.24. The summed E-state index contributed by atoms with van der Waals surface area (Å²) in [7, 11) is 0. The Morgan fingerprint density at radius 1 is 1.14 bits per heavy atom. The number of rotatable bonds is 3. The zero-order valence-corrected chi connectivity index (χ0v) is 13.3. The number of aromatic nitrogens is 1. The number of anilines is 1. The quantitative estimate of drug-likeness (QED) is 0.811. The molecule has 1 fully saturated rings. The summed E-state index contributed by atoms with van der Waals surface area (Å²) in [6.07, 6.45) is 1.17. The molecule has 0 unspecified atom stereocenters. The predicted octanol–water partition coefficient (Wildman–Crippen LogP) is 3.29. The molecule has 0 bridgehead atoms. The first kappa shape index (κ1) is 14.6. The number of halogens is 1. The third kappa shape index (κ3) is 3.30. The van der Waals surface area contributed by atoms with Crippen LogP contribution in [0, 0.1) is 6.92 Å². The second-order valence-electron chi connectivity index (χ2n) is 5.69. The number of aryl methyl sites for hydroxylation is 1. The van der Waals surface area contributed by atoms with Crippen LogP contribution in [0.25, 0.3) is 10.9 Å². The lowest BCUT2D eigenvalue weighted by Crippen LogP contribution is -2.32. The minimum absolute atomic E-state index is 0.716. The van der Waals surface area contributed by atoms with E-state index in [-0.39, 0.29) is 0 Å². The molecule has 1 aliphatic rings. The Kier molecular flexibility index (Phi) is 4.61. The van der Waals surface area contributed by atoms with Crippen LogP contribution in [0.4, 0.5) is 5.82 Å². The Morgan fingerprint density at radius 3 is 2.86 bits per heavy atom.